The fourth-order valence-corrected chi connectivity index (χ4v) is 6.61. The van der Waals surface area contributed by atoms with Gasteiger partial charge in [-0.05, 0) is 56.8 Å². The maximum atomic E-state index is 13.2. The summed E-state index contributed by atoms with van der Waals surface area (Å²) in [6.45, 7) is 11.8. The maximum Gasteiger partial charge on any atom is 0.328 e. The van der Waals surface area contributed by atoms with Crippen LogP contribution in [0.2, 0.25) is 0 Å². The maximum absolute atomic E-state index is 13.2. The number of hydrogen-bond acceptors (Lipinski definition) is 4. The van der Waals surface area contributed by atoms with Crippen molar-refractivity contribution in [3.05, 3.63) is 34.6 Å². The van der Waals surface area contributed by atoms with Crippen LogP contribution in [0.3, 0.4) is 0 Å². The smallest absolute Gasteiger partial charge is 0.328 e. The molecule has 1 saturated heterocycles. The molecule has 0 spiro atoms. The summed E-state index contributed by atoms with van der Waals surface area (Å²) in [7, 11) is 0. The van der Waals surface area contributed by atoms with Crippen LogP contribution >= 0.6 is 0 Å². The van der Waals surface area contributed by atoms with E-state index in [-0.39, 0.29) is 34.9 Å². The number of Topliss-reactive ketones (excluding diaryl/α,β-unsaturated/α-hetero) is 1. The number of aliphatic hydroxyl groups is 1. The van der Waals surface area contributed by atoms with Crippen LogP contribution < -0.4 is 5.32 Å². The summed E-state index contributed by atoms with van der Waals surface area (Å²) >= 11 is 0. The van der Waals surface area contributed by atoms with Gasteiger partial charge in [0.2, 0.25) is 0 Å². The number of carbonyl (C=O) groups excluding carboxylic acids is 2. The average molecular weight is 444 g/mol. The number of carbonyl (C=O) groups is 3. The Morgan fingerprint density at radius 2 is 1.94 bits per heavy atom. The van der Waals surface area contributed by atoms with Crippen molar-refractivity contribution in [3.63, 3.8) is 0 Å². The van der Waals surface area contributed by atoms with Crippen LogP contribution in [0.1, 0.15) is 67.2 Å². The lowest BCUT2D eigenvalue weighted by atomic mass is 9.51. The van der Waals surface area contributed by atoms with E-state index in [1.807, 2.05) is 27.7 Å². The average Bonchev–Trinajstić information content (AvgIpc) is 2.92. The van der Waals surface area contributed by atoms with Crippen LogP contribution in [0.25, 0.3) is 0 Å². The molecule has 6 nitrogen and oxygen atoms in total. The number of allylic oxidation sites excluding steroid dienone is 4. The van der Waals surface area contributed by atoms with Crippen LogP contribution in [0, 0.1) is 35.0 Å². The minimum atomic E-state index is -1.05. The van der Waals surface area contributed by atoms with Crippen molar-refractivity contribution in [1.29, 1.82) is 0 Å². The summed E-state index contributed by atoms with van der Waals surface area (Å²) in [5.74, 6) is -1.49. The highest BCUT2D eigenvalue weighted by Gasteiger charge is 2.55. The predicted octanol–water partition coefficient (Wildman–Crippen LogP) is 4.58. The summed E-state index contributed by atoms with van der Waals surface area (Å²) in [5, 5.41) is 23.9. The second-order valence-corrected chi connectivity index (χ2v) is 10.8. The Morgan fingerprint density at radius 1 is 1.28 bits per heavy atom. The molecule has 6 heteroatoms. The van der Waals surface area contributed by atoms with Crippen LogP contribution in [0.4, 0.5) is 0 Å². The second-order valence-electron chi connectivity index (χ2n) is 10.8. The van der Waals surface area contributed by atoms with Gasteiger partial charge in [0.1, 0.15) is 11.3 Å². The van der Waals surface area contributed by atoms with E-state index in [0.717, 1.165) is 24.8 Å². The van der Waals surface area contributed by atoms with Crippen molar-refractivity contribution < 1.29 is 24.6 Å². The summed E-state index contributed by atoms with van der Waals surface area (Å²) in [6, 6.07) is -0.625. The SMILES string of the molecule is CC1=C[C@H]2C[C@@H](C)CC[C@@H]2[C@@](C)(/C(O)=C2\C(=O)NC(CC(C)C)C2=O)[C@H]1/C(C)=C/C(=O)O. The first-order valence-electron chi connectivity index (χ1n) is 11.8. The number of aliphatic hydroxyl groups excluding tert-OH is 1. The van der Waals surface area contributed by atoms with Crippen molar-refractivity contribution >= 4 is 17.7 Å². The molecule has 1 saturated carbocycles. The highest BCUT2D eigenvalue weighted by atomic mass is 16.4. The molecule has 176 valence electrons. The van der Waals surface area contributed by atoms with Crippen LogP contribution in [-0.2, 0) is 14.4 Å². The van der Waals surface area contributed by atoms with Gasteiger partial charge in [0.25, 0.3) is 5.91 Å². The van der Waals surface area contributed by atoms with Gasteiger partial charge in [0, 0.05) is 17.4 Å². The summed E-state index contributed by atoms with van der Waals surface area (Å²) in [5.41, 5.74) is 0.518. The van der Waals surface area contributed by atoms with Gasteiger partial charge in [-0.25, -0.2) is 4.79 Å². The lowest BCUT2D eigenvalue weighted by Gasteiger charge is -2.53. The molecule has 32 heavy (non-hydrogen) atoms. The number of rotatable bonds is 5. The fraction of sp³-hybridized carbons (Fsp3) is 0.654. The zero-order valence-electron chi connectivity index (χ0n) is 20.1. The molecule has 2 fully saturated rings. The minimum Gasteiger partial charge on any atom is -0.511 e. The number of nitrogens with one attached hydrogen (secondary N) is 1. The van der Waals surface area contributed by atoms with Gasteiger partial charge in [0.15, 0.2) is 5.78 Å². The number of amides is 1. The van der Waals surface area contributed by atoms with Crippen LogP contribution in [-0.4, -0.2) is 33.9 Å². The summed E-state index contributed by atoms with van der Waals surface area (Å²) in [6.07, 6.45) is 6.75. The molecule has 0 aromatic rings. The first-order chi connectivity index (χ1) is 14.9. The first-order valence-corrected chi connectivity index (χ1v) is 11.8. The number of carboxylic acid groups (broad SMARTS) is 1. The van der Waals surface area contributed by atoms with E-state index >= 15 is 0 Å². The standard InChI is InChI=1S/C26H37NO5/c1-13(2)9-19-23(30)21(25(32)27-19)24(31)26(6)18-8-7-14(3)10-17(18)11-15(4)22(26)16(5)12-20(28)29/h11-14,17-19,22,31H,7-10H2,1-6H3,(H,27,32)(H,28,29)/b16-12+,24-21+/t14-,17+,18-,19?,22+,26+/m0/s1. The largest absolute Gasteiger partial charge is 0.511 e. The van der Waals surface area contributed by atoms with E-state index < -0.39 is 29.3 Å². The molecule has 1 heterocycles. The number of fused-ring (bicyclic) bond motifs is 1. The molecule has 6 atom stereocenters. The molecule has 3 aliphatic rings. The zero-order chi connectivity index (χ0) is 24.0. The van der Waals surface area contributed by atoms with Gasteiger partial charge in [-0.1, -0.05) is 51.3 Å². The molecule has 0 aromatic carbocycles. The second kappa shape index (κ2) is 8.87. The first kappa shape index (κ1) is 24.3. The van der Waals surface area contributed by atoms with Gasteiger partial charge in [-0.15, -0.1) is 0 Å². The van der Waals surface area contributed by atoms with Crippen molar-refractivity contribution in [2.45, 2.75) is 73.3 Å². The Morgan fingerprint density at radius 3 is 2.53 bits per heavy atom. The monoisotopic (exact) mass is 443 g/mol. The number of carboxylic acids is 1. The molecule has 0 bridgehead atoms. The lowest BCUT2D eigenvalue weighted by molar-refractivity contribution is -0.131. The molecule has 0 aromatic heterocycles. The third kappa shape index (κ3) is 4.16. The highest BCUT2D eigenvalue weighted by molar-refractivity contribution is 6.27. The molecule has 1 aliphatic heterocycles. The normalized spacial score (nSPS) is 37.2. The quantitative estimate of drug-likeness (QED) is 0.250. The Bertz CT molecular complexity index is 911. The summed E-state index contributed by atoms with van der Waals surface area (Å²) in [4.78, 5) is 37.6. The molecule has 0 radical (unpaired) electrons. The molecule has 1 amide bonds. The molecule has 1 unspecified atom stereocenters. The van der Waals surface area contributed by atoms with Gasteiger partial charge < -0.3 is 15.5 Å². The van der Waals surface area contributed by atoms with Crippen molar-refractivity contribution in [2.75, 3.05) is 0 Å². The van der Waals surface area contributed by atoms with Crippen molar-refractivity contribution in [1.82, 2.24) is 5.32 Å². The van der Waals surface area contributed by atoms with Gasteiger partial charge in [-0.2, -0.15) is 0 Å². The fourth-order valence-electron chi connectivity index (χ4n) is 6.61. The molecule has 3 N–H and O–H groups in total. The lowest BCUT2D eigenvalue weighted by Crippen LogP contribution is -2.47. The number of aliphatic carboxylic acids is 1. The number of ketones is 1. The summed E-state index contributed by atoms with van der Waals surface area (Å²) < 4.78 is 0. The molecular weight excluding hydrogens is 406 g/mol. The van der Waals surface area contributed by atoms with E-state index in [2.05, 4.69) is 18.3 Å². The molecule has 2 aliphatic carbocycles. The predicted molar refractivity (Wildman–Crippen MR) is 123 cm³/mol. The van der Waals surface area contributed by atoms with Crippen molar-refractivity contribution in [3.8, 4) is 0 Å². The van der Waals surface area contributed by atoms with E-state index in [9.17, 15) is 24.6 Å². The van der Waals surface area contributed by atoms with E-state index in [1.54, 1.807) is 6.92 Å². The van der Waals surface area contributed by atoms with Crippen molar-refractivity contribution in [2.24, 2.45) is 35.0 Å². The van der Waals surface area contributed by atoms with Gasteiger partial charge >= 0.3 is 5.97 Å². The zero-order valence-corrected chi connectivity index (χ0v) is 20.1. The van der Waals surface area contributed by atoms with Gasteiger partial charge in [0.05, 0.1) is 6.04 Å². The topological polar surface area (TPSA) is 104 Å². The highest BCUT2D eigenvalue weighted by Crippen LogP contribution is 2.59. The minimum absolute atomic E-state index is 0.0155. The Balaban J connectivity index is 2.19. The van der Waals surface area contributed by atoms with Gasteiger partial charge in [-0.3, -0.25) is 9.59 Å². The molecule has 3 rings (SSSR count). The van der Waals surface area contributed by atoms with Crippen LogP contribution in [0.5, 0.6) is 0 Å². The Hall–Kier alpha value is -2.37. The third-order valence-electron chi connectivity index (χ3n) is 7.82. The van der Waals surface area contributed by atoms with E-state index in [1.165, 1.54) is 6.08 Å². The third-order valence-corrected chi connectivity index (χ3v) is 7.82. The van der Waals surface area contributed by atoms with E-state index in [0.29, 0.717) is 17.9 Å². The Kier molecular flexibility index (Phi) is 6.73. The van der Waals surface area contributed by atoms with Crippen LogP contribution in [0.15, 0.2) is 34.6 Å². The van der Waals surface area contributed by atoms with E-state index in [4.69, 9.17) is 0 Å². The molecular formula is C26H37NO5. The Labute approximate surface area is 190 Å². The number of hydrogen-bond donors (Lipinski definition) is 3.